The van der Waals surface area contributed by atoms with Crippen molar-refractivity contribution in [3.8, 4) is 0 Å². The number of hydrogen-bond donors (Lipinski definition) is 1. The predicted molar refractivity (Wildman–Crippen MR) is 137 cm³/mol. The lowest BCUT2D eigenvalue weighted by Crippen LogP contribution is -2.59. The van der Waals surface area contributed by atoms with Gasteiger partial charge in [0.2, 0.25) is 11.8 Å². The quantitative estimate of drug-likeness (QED) is 0.222. The molecule has 8 nitrogen and oxygen atoms in total. The molecule has 0 aromatic carbocycles. The van der Waals surface area contributed by atoms with E-state index >= 15 is 0 Å². The Morgan fingerprint density at radius 3 is 2.58 bits per heavy atom. The Kier molecular flexibility index (Phi) is 9.04. The number of nitrogens with zero attached hydrogens (tertiary/aromatic N) is 2. The zero-order valence-corrected chi connectivity index (χ0v) is 22.4. The highest BCUT2D eigenvalue weighted by molar-refractivity contribution is 5.98. The summed E-state index contributed by atoms with van der Waals surface area (Å²) in [7, 11) is 0. The summed E-state index contributed by atoms with van der Waals surface area (Å²) in [6.07, 6.45) is 7.64. The van der Waals surface area contributed by atoms with E-state index < -0.39 is 41.1 Å². The second-order valence-electron chi connectivity index (χ2n) is 11.0. The minimum Gasteiger partial charge on any atom is -0.465 e. The van der Waals surface area contributed by atoms with Crippen LogP contribution in [0.4, 0.5) is 0 Å². The second kappa shape index (κ2) is 11.5. The molecule has 3 fully saturated rings. The molecule has 3 aliphatic rings. The van der Waals surface area contributed by atoms with Crippen molar-refractivity contribution in [2.24, 2.45) is 17.8 Å². The lowest BCUT2D eigenvalue weighted by molar-refractivity contribution is -0.162. The number of rotatable bonds is 14. The second-order valence-corrected chi connectivity index (χ2v) is 11.0. The van der Waals surface area contributed by atoms with Crippen LogP contribution in [0.2, 0.25) is 0 Å². The van der Waals surface area contributed by atoms with Crippen LogP contribution in [0.5, 0.6) is 0 Å². The summed E-state index contributed by atoms with van der Waals surface area (Å²) in [4.78, 5) is 45.0. The third-order valence-corrected chi connectivity index (χ3v) is 8.26. The van der Waals surface area contributed by atoms with Gasteiger partial charge >= 0.3 is 5.97 Å². The molecule has 3 saturated heterocycles. The van der Waals surface area contributed by atoms with Gasteiger partial charge in [-0.2, -0.15) is 0 Å². The van der Waals surface area contributed by atoms with Crippen molar-refractivity contribution in [2.75, 3.05) is 26.3 Å². The third-order valence-electron chi connectivity index (χ3n) is 8.26. The minimum atomic E-state index is -1.12. The highest BCUT2D eigenvalue weighted by atomic mass is 16.6. The molecule has 2 amide bonds. The van der Waals surface area contributed by atoms with E-state index in [2.05, 4.69) is 20.1 Å². The summed E-state index contributed by atoms with van der Waals surface area (Å²) in [6, 6.07) is -1.48. The molecule has 0 saturated carbocycles. The van der Waals surface area contributed by atoms with Crippen molar-refractivity contribution in [1.82, 2.24) is 9.80 Å². The third kappa shape index (κ3) is 4.74. The average molecular weight is 505 g/mol. The summed E-state index contributed by atoms with van der Waals surface area (Å²) in [6.45, 7) is 16.1. The van der Waals surface area contributed by atoms with Crippen molar-refractivity contribution >= 4 is 17.8 Å². The number of aliphatic hydroxyl groups excluding tert-OH is 1. The first-order valence-electron chi connectivity index (χ1n) is 13.4. The number of aliphatic hydroxyl groups is 1. The van der Waals surface area contributed by atoms with Crippen LogP contribution < -0.4 is 0 Å². The normalized spacial score (nSPS) is 31.4. The molecule has 3 heterocycles. The number of hydrogen-bond acceptors (Lipinski definition) is 6. The van der Waals surface area contributed by atoms with Crippen molar-refractivity contribution in [2.45, 2.75) is 89.5 Å². The standard InChI is InChI=1S/C28H44N2O6/c1-7-10-12-17-35-26(34)22-21-24(32)30(20(18-31)19(4)5)23(28(21)14-13-27(22,6)36-28)25(33)29(15-9-3)16-11-8-2/h7,9,19-23,31H,1,3,8,10-18H2,2,4-6H3/t20-,21-,22+,23?,27-,28?/m0/s1. The van der Waals surface area contributed by atoms with Gasteiger partial charge in [0.1, 0.15) is 17.6 Å². The van der Waals surface area contributed by atoms with E-state index in [1.165, 1.54) is 0 Å². The number of fused-ring (bicyclic) bond motifs is 1. The number of amides is 2. The van der Waals surface area contributed by atoms with Crippen molar-refractivity contribution in [1.29, 1.82) is 0 Å². The zero-order valence-electron chi connectivity index (χ0n) is 22.4. The van der Waals surface area contributed by atoms with Gasteiger partial charge in [-0.1, -0.05) is 39.3 Å². The molecule has 0 aromatic rings. The zero-order chi connectivity index (χ0) is 26.7. The number of ether oxygens (including phenoxy) is 2. The number of allylic oxidation sites excluding steroid dienone is 1. The molecule has 1 spiro atoms. The first kappa shape index (κ1) is 28.4. The Labute approximate surface area is 215 Å². The minimum absolute atomic E-state index is 0.0925. The molecule has 3 rings (SSSR count). The summed E-state index contributed by atoms with van der Waals surface area (Å²) < 4.78 is 12.2. The maximum absolute atomic E-state index is 14.2. The van der Waals surface area contributed by atoms with Crippen LogP contribution >= 0.6 is 0 Å². The first-order valence-corrected chi connectivity index (χ1v) is 13.4. The van der Waals surface area contributed by atoms with Gasteiger partial charge in [0.25, 0.3) is 0 Å². The molecule has 202 valence electrons. The fourth-order valence-electron chi connectivity index (χ4n) is 6.44. The summed E-state index contributed by atoms with van der Waals surface area (Å²) in [5.41, 5.74) is -2.00. The largest absolute Gasteiger partial charge is 0.465 e. The molecule has 8 heteroatoms. The predicted octanol–water partition coefficient (Wildman–Crippen LogP) is 3.09. The molecule has 0 aromatic heterocycles. The van der Waals surface area contributed by atoms with Crippen LogP contribution in [0, 0.1) is 17.8 Å². The van der Waals surface area contributed by atoms with Gasteiger partial charge in [-0.15, -0.1) is 13.2 Å². The van der Waals surface area contributed by atoms with Crippen molar-refractivity contribution in [3.05, 3.63) is 25.3 Å². The van der Waals surface area contributed by atoms with Gasteiger partial charge in [-0.25, -0.2) is 0 Å². The van der Waals surface area contributed by atoms with E-state index in [1.54, 1.807) is 22.0 Å². The van der Waals surface area contributed by atoms with Crippen LogP contribution in [0.3, 0.4) is 0 Å². The van der Waals surface area contributed by atoms with E-state index in [9.17, 15) is 19.5 Å². The SMILES string of the molecule is C=CCCCOC(=O)[C@H]1[C@H]2C(=O)N([C@@H](CO)C(C)C)C(C(=O)N(CC=C)CCCC)C23CC[C@]1(C)O3. The molecule has 1 N–H and O–H groups in total. The number of carbonyl (C=O) groups excluding carboxylic acids is 3. The lowest BCUT2D eigenvalue weighted by atomic mass is 9.66. The van der Waals surface area contributed by atoms with E-state index in [1.807, 2.05) is 20.8 Å². The maximum atomic E-state index is 14.2. The molecule has 0 aliphatic carbocycles. The van der Waals surface area contributed by atoms with Crippen LogP contribution in [0.1, 0.15) is 66.2 Å². The van der Waals surface area contributed by atoms with Crippen LogP contribution in [-0.4, -0.2) is 82.3 Å². The van der Waals surface area contributed by atoms with Gasteiger partial charge in [0.15, 0.2) is 0 Å². The summed E-state index contributed by atoms with van der Waals surface area (Å²) in [5.74, 6) is -2.66. The van der Waals surface area contributed by atoms with E-state index in [0.29, 0.717) is 32.4 Å². The fourth-order valence-corrected chi connectivity index (χ4v) is 6.44. The molecule has 2 unspecified atom stereocenters. The lowest BCUT2D eigenvalue weighted by Gasteiger charge is -2.40. The highest BCUT2D eigenvalue weighted by Crippen LogP contribution is 2.63. The number of unbranched alkanes of at least 4 members (excludes halogenated alkanes) is 2. The molecular weight excluding hydrogens is 460 g/mol. The maximum Gasteiger partial charge on any atom is 0.312 e. The van der Waals surface area contributed by atoms with Crippen LogP contribution in [-0.2, 0) is 23.9 Å². The fraction of sp³-hybridized carbons (Fsp3) is 0.750. The molecule has 2 bridgehead atoms. The van der Waals surface area contributed by atoms with Gasteiger partial charge < -0.3 is 24.4 Å². The Morgan fingerprint density at radius 2 is 2.00 bits per heavy atom. The average Bonchev–Trinajstić information content (AvgIpc) is 3.40. The molecule has 36 heavy (non-hydrogen) atoms. The van der Waals surface area contributed by atoms with Crippen molar-refractivity contribution in [3.63, 3.8) is 0 Å². The first-order chi connectivity index (χ1) is 17.1. The van der Waals surface area contributed by atoms with Crippen LogP contribution in [0.15, 0.2) is 25.3 Å². The van der Waals surface area contributed by atoms with Gasteiger partial charge in [-0.05, 0) is 44.9 Å². The highest BCUT2D eigenvalue weighted by Gasteiger charge is 2.79. The molecular formula is C28H44N2O6. The van der Waals surface area contributed by atoms with E-state index in [0.717, 1.165) is 19.3 Å². The number of esters is 1. The topological polar surface area (TPSA) is 96.4 Å². The van der Waals surface area contributed by atoms with Gasteiger partial charge in [0.05, 0.1) is 30.8 Å². The Bertz CT molecular complexity index is 859. The smallest absolute Gasteiger partial charge is 0.312 e. The van der Waals surface area contributed by atoms with Gasteiger partial charge in [0, 0.05) is 13.1 Å². The van der Waals surface area contributed by atoms with E-state index in [-0.39, 0.29) is 30.9 Å². The summed E-state index contributed by atoms with van der Waals surface area (Å²) in [5, 5.41) is 10.3. The Hall–Kier alpha value is -2.19. The Balaban J connectivity index is 2.04. The monoisotopic (exact) mass is 504 g/mol. The number of carbonyl (C=O) groups is 3. The number of likely N-dealkylation sites (tertiary alicyclic amines) is 1. The Morgan fingerprint density at radius 1 is 1.28 bits per heavy atom. The summed E-state index contributed by atoms with van der Waals surface area (Å²) >= 11 is 0. The van der Waals surface area contributed by atoms with Gasteiger partial charge in [-0.3, -0.25) is 14.4 Å². The molecule has 3 aliphatic heterocycles. The molecule has 6 atom stereocenters. The van der Waals surface area contributed by atoms with E-state index in [4.69, 9.17) is 9.47 Å². The van der Waals surface area contributed by atoms with Crippen LogP contribution in [0.25, 0.3) is 0 Å². The molecule has 0 radical (unpaired) electrons. The van der Waals surface area contributed by atoms with Crippen molar-refractivity contribution < 1.29 is 29.0 Å².